The third-order valence-electron chi connectivity index (χ3n) is 3.46. The minimum atomic E-state index is -0.0985. The number of benzene rings is 1. The van der Waals surface area contributed by atoms with E-state index in [1.54, 1.807) is 6.26 Å². The first kappa shape index (κ1) is 12.9. The van der Waals surface area contributed by atoms with Crippen LogP contribution in [0, 0.1) is 6.92 Å². The Bertz CT molecular complexity index is 528. The van der Waals surface area contributed by atoms with Crippen LogP contribution >= 0.6 is 0 Å². The highest BCUT2D eigenvalue weighted by Gasteiger charge is 2.12. The van der Waals surface area contributed by atoms with E-state index in [4.69, 9.17) is 10.2 Å². The van der Waals surface area contributed by atoms with Crippen molar-refractivity contribution >= 4 is 0 Å². The van der Waals surface area contributed by atoms with Gasteiger partial charge in [-0.2, -0.15) is 0 Å². The van der Waals surface area contributed by atoms with Crippen molar-refractivity contribution in [1.82, 2.24) is 0 Å². The van der Waals surface area contributed by atoms with E-state index < -0.39 is 0 Å². The van der Waals surface area contributed by atoms with E-state index in [1.165, 1.54) is 11.1 Å². The molecule has 2 heteroatoms. The Balaban J connectivity index is 2.33. The summed E-state index contributed by atoms with van der Waals surface area (Å²) in [5.41, 5.74) is 11.3. The van der Waals surface area contributed by atoms with Gasteiger partial charge in [-0.3, -0.25) is 0 Å². The van der Waals surface area contributed by atoms with E-state index in [1.807, 2.05) is 13.0 Å². The molecule has 0 fully saturated rings. The van der Waals surface area contributed by atoms with Crippen LogP contribution in [-0.4, -0.2) is 0 Å². The second-order valence-electron chi connectivity index (χ2n) is 4.70. The lowest BCUT2D eigenvalue weighted by Crippen LogP contribution is -2.11. The maximum Gasteiger partial charge on any atom is 0.101 e. The molecule has 0 aliphatic carbocycles. The molecule has 1 unspecified atom stereocenters. The molecule has 1 atom stereocenters. The summed E-state index contributed by atoms with van der Waals surface area (Å²) < 4.78 is 5.33. The summed E-state index contributed by atoms with van der Waals surface area (Å²) >= 11 is 0. The van der Waals surface area contributed by atoms with Crippen molar-refractivity contribution in [2.75, 3.05) is 0 Å². The molecule has 0 radical (unpaired) electrons. The van der Waals surface area contributed by atoms with E-state index in [0.29, 0.717) is 0 Å². The Morgan fingerprint density at radius 2 is 1.78 bits per heavy atom. The maximum atomic E-state index is 6.28. The predicted octanol–water partition coefficient (Wildman–Crippen LogP) is 3.76. The maximum absolute atomic E-state index is 6.28. The van der Waals surface area contributed by atoms with E-state index in [-0.39, 0.29) is 6.04 Å². The number of nitrogens with two attached hydrogens (primary N) is 1. The zero-order chi connectivity index (χ0) is 13.1. The molecule has 18 heavy (non-hydrogen) atoms. The molecule has 1 aromatic heterocycles. The molecule has 0 amide bonds. The van der Waals surface area contributed by atoms with Gasteiger partial charge >= 0.3 is 0 Å². The number of hydrogen-bond acceptors (Lipinski definition) is 2. The molecule has 1 heterocycles. The molecule has 0 spiro atoms. The molecule has 2 aromatic rings. The van der Waals surface area contributed by atoms with Crippen molar-refractivity contribution in [1.29, 1.82) is 0 Å². The summed E-state index contributed by atoms with van der Waals surface area (Å²) in [6.45, 7) is 6.31. The Hall–Kier alpha value is -1.54. The summed E-state index contributed by atoms with van der Waals surface area (Å²) in [4.78, 5) is 0. The van der Waals surface area contributed by atoms with Gasteiger partial charge in [0.15, 0.2) is 0 Å². The van der Waals surface area contributed by atoms with Crippen LogP contribution in [0.2, 0.25) is 0 Å². The average Bonchev–Trinajstić information content (AvgIpc) is 2.83. The monoisotopic (exact) mass is 243 g/mol. The van der Waals surface area contributed by atoms with Gasteiger partial charge in [-0.05, 0) is 42.5 Å². The van der Waals surface area contributed by atoms with Gasteiger partial charge in [0.1, 0.15) is 5.76 Å². The fourth-order valence-corrected chi connectivity index (χ4v) is 2.33. The van der Waals surface area contributed by atoms with Gasteiger partial charge < -0.3 is 10.2 Å². The van der Waals surface area contributed by atoms with Crippen LogP contribution in [0.25, 0.3) is 0 Å². The first-order valence-corrected chi connectivity index (χ1v) is 6.58. The molecule has 0 aliphatic heterocycles. The van der Waals surface area contributed by atoms with Crippen LogP contribution in [-0.2, 0) is 12.8 Å². The Kier molecular flexibility index (Phi) is 3.87. The highest BCUT2D eigenvalue weighted by molar-refractivity contribution is 5.37. The van der Waals surface area contributed by atoms with Crippen molar-refractivity contribution in [3.8, 4) is 0 Å². The van der Waals surface area contributed by atoms with Crippen molar-refractivity contribution in [3.05, 3.63) is 58.5 Å². The summed E-state index contributed by atoms with van der Waals surface area (Å²) in [5.74, 6) is 0.904. The SMILES string of the molecule is CCc1ccc(C(N)c2coc(C)c2)cc1CC. The molecule has 0 bridgehead atoms. The van der Waals surface area contributed by atoms with Crippen molar-refractivity contribution in [2.45, 2.75) is 39.7 Å². The summed E-state index contributed by atoms with van der Waals surface area (Å²) in [6, 6.07) is 8.46. The quantitative estimate of drug-likeness (QED) is 0.888. The fourth-order valence-electron chi connectivity index (χ4n) is 2.33. The molecule has 2 nitrogen and oxygen atoms in total. The molecule has 0 saturated heterocycles. The minimum Gasteiger partial charge on any atom is -0.469 e. The number of rotatable bonds is 4. The van der Waals surface area contributed by atoms with E-state index in [2.05, 4.69) is 32.0 Å². The second kappa shape index (κ2) is 5.40. The van der Waals surface area contributed by atoms with Gasteiger partial charge in [0.05, 0.1) is 12.3 Å². The predicted molar refractivity (Wildman–Crippen MR) is 74.7 cm³/mol. The molecule has 96 valence electrons. The first-order chi connectivity index (χ1) is 8.65. The Morgan fingerprint density at radius 3 is 2.33 bits per heavy atom. The topological polar surface area (TPSA) is 39.2 Å². The highest BCUT2D eigenvalue weighted by atomic mass is 16.3. The third-order valence-corrected chi connectivity index (χ3v) is 3.46. The van der Waals surface area contributed by atoms with Crippen LogP contribution in [0.4, 0.5) is 0 Å². The van der Waals surface area contributed by atoms with Gasteiger partial charge in [0.2, 0.25) is 0 Å². The van der Waals surface area contributed by atoms with Gasteiger partial charge in [-0.25, -0.2) is 0 Å². The number of hydrogen-bond donors (Lipinski definition) is 1. The molecule has 2 N–H and O–H groups in total. The zero-order valence-electron chi connectivity index (χ0n) is 11.4. The van der Waals surface area contributed by atoms with Crippen molar-refractivity contribution in [3.63, 3.8) is 0 Å². The van der Waals surface area contributed by atoms with Crippen LogP contribution in [0.5, 0.6) is 0 Å². The van der Waals surface area contributed by atoms with Gasteiger partial charge in [0.25, 0.3) is 0 Å². The summed E-state index contributed by atoms with van der Waals surface area (Å²) in [7, 11) is 0. The average molecular weight is 243 g/mol. The van der Waals surface area contributed by atoms with Crippen molar-refractivity contribution in [2.24, 2.45) is 5.73 Å². The smallest absolute Gasteiger partial charge is 0.101 e. The minimum absolute atomic E-state index is 0.0985. The normalized spacial score (nSPS) is 12.7. The van der Waals surface area contributed by atoms with E-state index in [0.717, 1.165) is 29.7 Å². The number of furan rings is 1. The zero-order valence-corrected chi connectivity index (χ0v) is 11.4. The molecular weight excluding hydrogens is 222 g/mol. The van der Waals surface area contributed by atoms with Crippen molar-refractivity contribution < 1.29 is 4.42 Å². The van der Waals surface area contributed by atoms with Crippen LogP contribution in [0.15, 0.2) is 34.9 Å². The lowest BCUT2D eigenvalue weighted by molar-refractivity contribution is 0.530. The molecule has 0 aliphatic rings. The van der Waals surface area contributed by atoms with E-state index >= 15 is 0 Å². The van der Waals surface area contributed by atoms with Gasteiger partial charge in [0, 0.05) is 5.56 Å². The summed E-state index contributed by atoms with van der Waals surface area (Å²) in [5, 5.41) is 0. The van der Waals surface area contributed by atoms with Gasteiger partial charge in [-0.15, -0.1) is 0 Å². The largest absolute Gasteiger partial charge is 0.469 e. The lowest BCUT2D eigenvalue weighted by Gasteiger charge is -2.13. The number of aryl methyl sites for hydroxylation is 3. The van der Waals surface area contributed by atoms with Gasteiger partial charge in [-0.1, -0.05) is 32.0 Å². The van der Waals surface area contributed by atoms with Crippen LogP contribution in [0.3, 0.4) is 0 Å². The lowest BCUT2D eigenvalue weighted by atomic mass is 9.95. The standard InChI is InChI=1S/C16H21NO/c1-4-12-6-7-14(9-13(12)5-2)16(17)15-8-11(3)18-10-15/h6-10,16H,4-5,17H2,1-3H3. The molecular formula is C16H21NO. The first-order valence-electron chi connectivity index (χ1n) is 6.58. The molecule has 2 rings (SSSR count). The Labute approximate surface area is 109 Å². The highest BCUT2D eigenvalue weighted by Crippen LogP contribution is 2.24. The molecule has 1 aromatic carbocycles. The van der Waals surface area contributed by atoms with Crippen LogP contribution in [0.1, 0.15) is 47.9 Å². The van der Waals surface area contributed by atoms with E-state index in [9.17, 15) is 0 Å². The Morgan fingerprint density at radius 1 is 1.06 bits per heavy atom. The third kappa shape index (κ3) is 2.49. The summed E-state index contributed by atoms with van der Waals surface area (Å²) in [6.07, 6.45) is 3.87. The second-order valence-corrected chi connectivity index (χ2v) is 4.70. The molecule has 0 saturated carbocycles. The van der Waals surface area contributed by atoms with Crippen LogP contribution < -0.4 is 5.73 Å². The fraction of sp³-hybridized carbons (Fsp3) is 0.375.